The van der Waals surface area contributed by atoms with Crippen LogP contribution >= 0.6 is 27.5 Å². The maximum atomic E-state index is 6.17. The van der Waals surface area contributed by atoms with Crippen LogP contribution in [-0.2, 0) is 6.42 Å². The zero-order chi connectivity index (χ0) is 13.8. The van der Waals surface area contributed by atoms with Crippen molar-refractivity contribution in [3.05, 3.63) is 62.8 Å². The van der Waals surface area contributed by atoms with E-state index in [1.807, 2.05) is 13.1 Å². The Hall–Kier alpha value is -0.900. The number of rotatable bonds is 4. The number of nitrogens with one attached hydrogen (secondary N) is 1. The third kappa shape index (κ3) is 3.56. The molecule has 2 rings (SSSR count). The maximum absolute atomic E-state index is 6.17. The van der Waals surface area contributed by atoms with E-state index in [1.165, 1.54) is 11.1 Å². The van der Waals surface area contributed by atoms with E-state index in [9.17, 15) is 0 Å². The first-order chi connectivity index (χ1) is 9.11. The monoisotopic (exact) mass is 338 g/mol. The molecule has 19 heavy (non-hydrogen) atoms. The van der Waals surface area contributed by atoms with Crippen molar-refractivity contribution in [2.24, 2.45) is 0 Å². The second-order valence-corrected chi connectivity index (χ2v) is 5.78. The zero-order valence-corrected chi connectivity index (χ0v) is 13.3. The molecule has 0 bridgehead atoms. The van der Waals surface area contributed by atoms with Crippen molar-refractivity contribution in [2.75, 3.05) is 7.05 Å². The van der Waals surface area contributed by atoms with Crippen molar-refractivity contribution in [1.29, 1.82) is 0 Å². The molecule has 0 spiro atoms. The molecule has 1 aromatic carbocycles. The molecule has 1 atom stereocenters. The zero-order valence-electron chi connectivity index (χ0n) is 11.0. The van der Waals surface area contributed by atoms with Crippen LogP contribution in [0.4, 0.5) is 0 Å². The number of likely N-dealkylation sites (N-methyl/N-ethyl adjacent to an activating group) is 1. The van der Waals surface area contributed by atoms with Crippen molar-refractivity contribution in [3.8, 4) is 0 Å². The fraction of sp³-hybridized carbons (Fsp3) is 0.267. The normalized spacial score (nSPS) is 12.4. The van der Waals surface area contributed by atoms with E-state index >= 15 is 0 Å². The lowest BCUT2D eigenvalue weighted by Crippen LogP contribution is -2.19. The molecule has 0 aliphatic rings. The summed E-state index contributed by atoms with van der Waals surface area (Å²) in [6.07, 6.45) is 4.31. The molecule has 0 fully saturated rings. The van der Waals surface area contributed by atoms with E-state index < -0.39 is 0 Å². The van der Waals surface area contributed by atoms with Gasteiger partial charge in [-0.15, -0.1) is 0 Å². The van der Waals surface area contributed by atoms with Gasteiger partial charge in [0.15, 0.2) is 0 Å². The van der Waals surface area contributed by atoms with Gasteiger partial charge in [0.25, 0.3) is 0 Å². The highest BCUT2D eigenvalue weighted by molar-refractivity contribution is 9.10. The summed E-state index contributed by atoms with van der Waals surface area (Å²) in [7, 11) is 1.97. The minimum atomic E-state index is 0.233. The third-order valence-electron chi connectivity index (χ3n) is 3.23. The van der Waals surface area contributed by atoms with Crippen molar-refractivity contribution >= 4 is 27.5 Å². The lowest BCUT2D eigenvalue weighted by Gasteiger charge is -2.18. The summed E-state index contributed by atoms with van der Waals surface area (Å²) in [6.45, 7) is 2.09. The number of benzene rings is 1. The van der Waals surface area contributed by atoms with Gasteiger partial charge in [0.05, 0.1) is 5.02 Å². The standard InChI is InChI=1S/C15H16BrClN2/c1-10-3-4-12(7-13(10)16)15(18-2)8-11-5-6-19-9-14(11)17/h3-7,9,15,18H,8H2,1-2H3. The van der Waals surface area contributed by atoms with Crippen LogP contribution in [-0.4, -0.2) is 12.0 Å². The molecule has 0 aliphatic carbocycles. The van der Waals surface area contributed by atoms with Gasteiger partial charge in [-0.3, -0.25) is 4.98 Å². The summed E-state index contributed by atoms with van der Waals surface area (Å²) in [6, 6.07) is 8.63. The molecule has 0 aliphatic heterocycles. The van der Waals surface area contributed by atoms with E-state index in [-0.39, 0.29) is 6.04 Å². The molecule has 4 heteroatoms. The Bertz CT molecular complexity index is 572. The Kier molecular flexibility index (Phi) is 4.97. The summed E-state index contributed by atoms with van der Waals surface area (Å²) < 4.78 is 1.13. The first-order valence-electron chi connectivity index (χ1n) is 6.13. The highest BCUT2D eigenvalue weighted by atomic mass is 79.9. The quantitative estimate of drug-likeness (QED) is 0.898. The van der Waals surface area contributed by atoms with Crippen molar-refractivity contribution in [1.82, 2.24) is 10.3 Å². The topological polar surface area (TPSA) is 24.9 Å². The molecule has 0 radical (unpaired) electrons. The van der Waals surface area contributed by atoms with E-state index in [4.69, 9.17) is 11.6 Å². The van der Waals surface area contributed by atoms with Gasteiger partial charge < -0.3 is 5.32 Å². The van der Waals surface area contributed by atoms with Crippen molar-refractivity contribution in [3.63, 3.8) is 0 Å². The lowest BCUT2D eigenvalue weighted by molar-refractivity contribution is 0.591. The molecular weight excluding hydrogens is 324 g/mol. The van der Waals surface area contributed by atoms with Crippen LogP contribution in [0.3, 0.4) is 0 Å². The fourth-order valence-electron chi connectivity index (χ4n) is 2.00. The minimum Gasteiger partial charge on any atom is -0.313 e. The molecule has 100 valence electrons. The molecule has 2 nitrogen and oxygen atoms in total. The van der Waals surface area contributed by atoms with Crippen molar-refractivity contribution < 1.29 is 0 Å². The van der Waals surface area contributed by atoms with Gasteiger partial charge in [-0.25, -0.2) is 0 Å². The summed E-state index contributed by atoms with van der Waals surface area (Å²) >= 11 is 9.75. The minimum absolute atomic E-state index is 0.233. The van der Waals surface area contributed by atoms with Gasteiger partial charge in [0.2, 0.25) is 0 Å². The third-order valence-corrected chi connectivity index (χ3v) is 4.42. The number of nitrogens with zero attached hydrogens (tertiary/aromatic N) is 1. The molecule has 1 N–H and O–H groups in total. The fourth-order valence-corrected chi connectivity index (χ4v) is 2.59. The largest absolute Gasteiger partial charge is 0.313 e. The number of pyridine rings is 1. The molecular formula is C15H16BrClN2. The molecule has 1 aromatic heterocycles. The predicted octanol–water partition coefficient (Wildman–Crippen LogP) is 4.31. The summed E-state index contributed by atoms with van der Waals surface area (Å²) in [4.78, 5) is 4.02. The van der Waals surface area contributed by atoms with Crippen LogP contribution < -0.4 is 5.32 Å². The van der Waals surface area contributed by atoms with Gasteiger partial charge in [-0.1, -0.05) is 39.7 Å². The van der Waals surface area contributed by atoms with Gasteiger partial charge in [-0.05, 0) is 49.2 Å². The smallest absolute Gasteiger partial charge is 0.0622 e. The first-order valence-corrected chi connectivity index (χ1v) is 7.30. The second-order valence-electron chi connectivity index (χ2n) is 4.52. The van der Waals surface area contributed by atoms with E-state index in [0.717, 1.165) is 16.5 Å². The van der Waals surface area contributed by atoms with Crippen LogP contribution in [0.25, 0.3) is 0 Å². The lowest BCUT2D eigenvalue weighted by atomic mass is 9.99. The number of aromatic nitrogens is 1. The van der Waals surface area contributed by atoms with E-state index in [0.29, 0.717) is 5.02 Å². The van der Waals surface area contributed by atoms with E-state index in [1.54, 1.807) is 12.4 Å². The summed E-state index contributed by atoms with van der Waals surface area (Å²) in [5.41, 5.74) is 3.58. The Morgan fingerprint density at radius 1 is 1.37 bits per heavy atom. The average molecular weight is 340 g/mol. The van der Waals surface area contributed by atoms with Crippen LogP contribution in [0.2, 0.25) is 5.02 Å². The molecule has 1 heterocycles. The Morgan fingerprint density at radius 3 is 2.79 bits per heavy atom. The second kappa shape index (κ2) is 6.51. The Balaban J connectivity index is 2.25. The van der Waals surface area contributed by atoms with Crippen LogP contribution in [0.15, 0.2) is 41.1 Å². The Labute approximate surface area is 127 Å². The van der Waals surface area contributed by atoms with Crippen LogP contribution in [0.1, 0.15) is 22.7 Å². The molecule has 1 unspecified atom stereocenters. The summed E-state index contributed by atoms with van der Waals surface area (Å²) in [5, 5.41) is 4.06. The first kappa shape index (κ1) is 14.5. The predicted molar refractivity (Wildman–Crippen MR) is 83.6 cm³/mol. The maximum Gasteiger partial charge on any atom is 0.0622 e. The van der Waals surface area contributed by atoms with Gasteiger partial charge in [0.1, 0.15) is 0 Å². The highest BCUT2D eigenvalue weighted by Gasteiger charge is 2.13. The summed E-state index contributed by atoms with van der Waals surface area (Å²) in [5.74, 6) is 0. The van der Waals surface area contributed by atoms with Gasteiger partial charge in [0, 0.05) is 22.9 Å². The van der Waals surface area contributed by atoms with Crippen molar-refractivity contribution in [2.45, 2.75) is 19.4 Å². The number of halogens is 2. The molecule has 0 saturated carbocycles. The molecule has 2 aromatic rings. The molecule has 0 amide bonds. The number of aryl methyl sites for hydroxylation is 1. The molecule has 0 saturated heterocycles. The number of hydrogen-bond donors (Lipinski definition) is 1. The van der Waals surface area contributed by atoms with Gasteiger partial charge >= 0.3 is 0 Å². The van der Waals surface area contributed by atoms with Crippen LogP contribution in [0, 0.1) is 6.92 Å². The number of hydrogen-bond acceptors (Lipinski definition) is 2. The van der Waals surface area contributed by atoms with Crippen LogP contribution in [0.5, 0.6) is 0 Å². The Morgan fingerprint density at radius 2 is 2.16 bits per heavy atom. The highest BCUT2D eigenvalue weighted by Crippen LogP contribution is 2.26. The SMILES string of the molecule is CNC(Cc1ccncc1Cl)c1ccc(C)c(Br)c1. The van der Waals surface area contributed by atoms with E-state index in [2.05, 4.69) is 51.4 Å². The average Bonchev–Trinajstić information content (AvgIpc) is 2.41. The van der Waals surface area contributed by atoms with Gasteiger partial charge in [-0.2, -0.15) is 0 Å².